The van der Waals surface area contributed by atoms with Crippen LogP contribution in [0, 0.1) is 0 Å². The summed E-state index contributed by atoms with van der Waals surface area (Å²) in [5.74, 6) is -1.07. The molecule has 0 aromatic carbocycles. The minimum absolute atomic E-state index is 0.132. The van der Waals surface area contributed by atoms with Gasteiger partial charge in [-0.15, -0.1) is 0 Å². The fourth-order valence-electron chi connectivity index (χ4n) is 6.21. The van der Waals surface area contributed by atoms with Gasteiger partial charge in [-0.2, -0.15) is 0 Å². The van der Waals surface area contributed by atoms with Crippen LogP contribution < -0.4 is 0 Å². The zero-order valence-corrected chi connectivity index (χ0v) is 39.6. The van der Waals surface area contributed by atoms with E-state index in [1.807, 2.05) is 54.7 Å². The lowest BCUT2D eigenvalue weighted by atomic mass is 10.0. The quantitative estimate of drug-likeness (QED) is 0.0200. The van der Waals surface area contributed by atoms with Gasteiger partial charge < -0.3 is 14.2 Å². The molecule has 6 nitrogen and oxygen atoms in total. The highest BCUT2D eigenvalue weighted by molar-refractivity contribution is 5.71. The smallest absolute Gasteiger partial charge is 0.306 e. The average Bonchev–Trinajstić information content (AvgIpc) is 3.27. The summed E-state index contributed by atoms with van der Waals surface area (Å²) in [5, 5.41) is 0. The summed E-state index contributed by atoms with van der Waals surface area (Å²) < 4.78 is 16.6. The third-order valence-electron chi connectivity index (χ3n) is 9.84. The second kappa shape index (κ2) is 49.5. The fraction of sp³-hybridized carbons (Fsp3) is 0.589. The number of allylic oxidation sites excluding steroid dienone is 20. The van der Waals surface area contributed by atoms with Gasteiger partial charge in [0.05, 0.1) is 0 Å². The van der Waals surface area contributed by atoms with E-state index in [0.717, 1.165) is 70.6 Å². The van der Waals surface area contributed by atoms with E-state index in [2.05, 4.69) is 87.6 Å². The molecule has 0 N–H and O–H groups in total. The number of carbonyl (C=O) groups is 3. The van der Waals surface area contributed by atoms with Crippen molar-refractivity contribution < 1.29 is 28.6 Å². The highest BCUT2D eigenvalue weighted by Gasteiger charge is 2.19. The maximum absolute atomic E-state index is 12.8. The molecule has 0 fully saturated rings. The van der Waals surface area contributed by atoms with Gasteiger partial charge >= 0.3 is 17.9 Å². The van der Waals surface area contributed by atoms with E-state index in [9.17, 15) is 14.4 Å². The van der Waals surface area contributed by atoms with Crippen LogP contribution in [0.3, 0.4) is 0 Å². The molecule has 0 radical (unpaired) electrons. The monoisotopic (exact) mass is 857 g/mol. The molecule has 0 heterocycles. The van der Waals surface area contributed by atoms with Crippen molar-refractivity contribution in [3.8, 4) is 0 Å². The SMILES string of the molecule is CC/C=C/C=C/C=C/C=C/C=C/CCCC(=O)OCC(COC(=O)CCC/C=C/C/C=C/C/C=C/C/C=C/C/C=C/CC)OC(=O)CCCCCCCCCCCCCCCC. The summed E-state index contributed by atoms with van der Waals surface area (Å²) in [6, 6.07) is 0. The summed E-state index contributed by atoms with van der Waals surface area (Å²) in [4.78, 5) is 37.9. The second-order valence-electron chi connectivity index (χ2n) is 15.7. The Bertz CT molecular complexity index is 1350. The Balaban J connectivity index is 4.59. The van der Waals surface area contributed by atoms with E-state index < -0.39 is 6.10 Å². The van der Waals surface area contributed by atoms with Crippen LogP contribution in [0.1, 0.15) is 194 Å². The molecule has 0 aromatic heterocycles. The Morgan fingerprint density at radius 2 is 0.710 bits per heavy atom. The van der Waals surface area contributed by atoms with Gasteiger partial charge in [0.25, 0.3) is 0 Å². The summed E-state index contributed by atoms with van der Waals surface area (Å²) >= 11 is 0. The van der Waals surface area contributed by atoms with Crippen LogP contribution in [0.15, 0.2) is 122 Å². The molecule has 0 aliphatic carbocycles. The molecule has 0 aromatic rings. The van der Waals surface area contributed by atoms with Crippen molar-refractivity contribution in [3.63, 3.8) is 0 Å². The Morgan fingerprint density at radius 1 is 0.355 bits per heavy atom. The molecule has 0 rings (SSSR count). The van der Waals surface area contributed by atoms with Crippen LogP contribution in [-0.2, 0) is 28.6 Å². The molecule has 0 aliphatic heterocycles. The molecule has 62 heavy (non-hydrogen) atoms. The summed E-state index contributed by atoms with van der Waals surface area (Å²) in [5.41, 5.74) is 0. The van der Waals surface area contributed by atoms with E-state index in [-0.39, 0.29) is 44.0 Å². The molecule has 0 saturated heterocycles. The van der Waals surface area contributed by atoms with E-state index in [0.29, 0.717) is 19.3 Å². The van der Waals surface area contributed by atoms with Gasteiger partial charge in [-0.1, -0.05) is 226 Å². The van der Waals surface area contributed by atoms with E-state index in [1.54, 1.807) is 0 Å². The summed E-state index contributed by atoms with van der Waals surface area (Å²) in [6.45, 7) is 6.24. The van der Waals surface area contributed by atoms with Gasteiger partial charge in [-0.3, -0.25) is 14.4 Å². The number of esters is 3. The molecule has 0 aliphatic rings. The highest BCUT2D eigenvalue weighted by atomic mass is 16.6. The Hall–Kier alpha value is -4.19. The lowest BCUT2D eigenvalue weighted by molar-refractivity contribution is -0.167. The maximum atomic E-state index is 12.8. The Kier molecular flexibility index (Phi) is 46.1. The highest BCUT2D eigenvalue weighted by Crippen LogP contribution is 2.14. The zero-order valence-electron chi connectivity index (χ0n) is 39.6. The van der Waals surface area contributed by atoms with Gasteiger partial charge in [-0.05, 0) is 70.6 Å². The summed E-state index contributed by atoms with van der Waals surface area (Å²) in [7, 11) is 0. The molecule has 348 valence electrons. The lowest BCUT2D eigenvalue weighted by Gasteiger charge is -2.18. The topological polar surface area (TPSA) is 78.9 Å². The van der Waals surface area contributed by atoms with Crippen LogP contribution in [0.25, 0.3) is 0 Å². The van der Waals surface area contributed by atoms with Crippen molar-refractivity contribution in [3.05, 3.63) is 122 Å². The van der Waals surface area contributed by atoms with Crippen molar-refractivity contribution in [1.29, 1.82) is 0 Å². The van der Waals surface area contributed by atoms with Gasteiger partial charge in [0.15, 0.2) is 6.10 Å². The van der Waals surface area contributed by atoms with Crippen LogP contribution in [0.4, 0.5) is 0 Å². The van der Waals surface area contributed by atoms with Crippen LogP contribution in [0.2, 0.25) is 0 Å². The first-order chi connectivity index (χ1) is 30.5. The Labute approximate surface area is 380 Å². The van der Waals surface area contributed by atoms with Gasteiger partial charge in [-0.25, -0.2) is 0 Å². The molecule has 0 amide bonds. The molecular weight excluding hydrogens is 769 g/mol. The normalized spacial score (nSPS) is 13.1. The van der Waals surface area contributed by atoms with Crippen molar-refractivity contribution in [2.24, 2.45) is 0 Å². The number of rotatable bonds is 42. The zero-order chi connectivity index (χ0) is 45.1. The van der Waals surface area contributed by atoms with Crippen molar-refractivity contribution in [2.45, 2.75) is 200 Å². The standard InChI is InChI=1S/C56H88O6/c1-4-7-10-13-16-19-22-25-27-28-29-32-34-37-40-43-46-49-55(58)61-52-53(51-60-54(57)48-45-42-39-36-33-30-24-21-18-15-12-9-6-3)62-56(59)50-47-44-41-38-35-31-26-23-20-17-14-11-8-5-2/h7,9-10,12,15-16,18-19,21,24-25,27,29-30,32-33,36-37,39-40,53H,4-6,8,11,13-14,17,20,22-23,26,28,31,34-35,38,41-52H2,1-3H3/b10-7+,12-9+,18-15+,19-16+,24-21+,27-25+,32-29+,33-30+,39-36+,40-37+. The van der Waals surface area contributed by atoms with E-state index >= 15 is 0 Å². The number of carbonyl (C=O) groups excluding carboxylic acids is 3. The predicted octanol–water partition coefficient (Wildman–Crippen LogP) is 16.1. The number of hydrogen-bond donors (Lipinski definition) is 0. The maximum Gasteiger partial charge on any atom is 0.306 e. The third kappa shape index (κ3) is 46.9. The fourth-order valence-corrected chi connectivity index (χ4v) is 6.21. The molecule has 6 heteroatoms. The van der Waals surface area contributed by atoms with Crippen molar-refractivity contribution in [1.82, 2.24) is 0 Å². The third-order valence-corrected chi connectivity index (χ3v) is 9.84. The predicted molar refractivity (Wildman–Crippen MR) is 265 cm³/mol. The van der Waals surface area contributed by atoms with Crippen molar-refractivity contribution >= 4 is 17.9 Å². The van der Waals surface area contributed by atoms with Gasteiger partial charge in [0.1, 0.15) is 13.2 Å². The van der Waals surface area contributed by atoms with E-state index in [1.165, 1.54) is 70.6 Å². The van der Waals surface area contributed by atoms with Gasteiger partial charge in [0, 0.05) is 19.3 Å². The number of unbranched alkanes of at least 4 members (excludes halogenated alkanes) is 15. The lowest BCUT2D eigenvalue weighted by Crippen LogP contribution is -2.30. The first kappa shape index (κ1) is 57.8. The van der Waals surface area contributed by atoms with Crippen LogP contribution in [0.5, 0.6) is 0 Å². The molecule has 1 atom stereocenters. The first-order valence-electron chi connectivity index (χ1n) is 24.6. The van der Waals surface area contributed by atoms with Crippen LogP contribution in [-0.4, -0.2) is 37.2 Å². The minimum atomic E-state index is -0.830. The summed E-state index contributed by atoms with van der Waals surface area (Å²) in [6.07, 6.45) is 67.7. The largest absolute Gasteiger partial charge is 0.462 e. The van der Waals surface area contributed by atoms with Gasteiger partial charge in [0.2, 0.25) is 0 Å². The van der Waals surface area contributed by atoms with Crippen molar-refractivity contribution in [2.75, 3.05) is 13.2 Å². The first-order valence-corrected chi connectivity index (χ1v) is 24.6. The minimum Gasteiger partial charge on any atom is -0.462 e. The Morgan fingerprint density at radius 3 is 1.16 bits per heavy atom. The number of hydrogen-bond acceptors (Lipinski definition) is 6. The molecule has 0 bridgehead atoms. The van der Waals surface area contributed by atoms with E-state index in [4.69, 9.17) is 14.2 Å². The molecule has 0 spiro atoms. The number of ether oxygens (including phenoxy) is 3. The molecule has 1 unspecified atom stereocenters. The van der Waals surface area contributed by atoms with Crippen LogP contribution >= 0.6 is 0 Å². The average molecular weight is 857 g/mol. The molecule has 0 saturated carbocycles. The second-order valence-corrected chi connectivity index (χ2v) is 15.7. The molecular formula is C56H88O6.